The highest BCUT2D eigenvalue weighted by molar-refractivity contribution is 7.89. The van der Waals surface area contributed by atoms with Crippen molar-refractivity contribution in [3.8, 4) is 0 Å². The van der Waals surface area contributed by atoms with E-state index in [0.29, 0.717) is 24.4 Å². The van der Waals surface area contributed by atoms with Gasteiger partial charge in [0, 0.05) is 25.1 Å². The number of ether oxygens (including phenoxy) is 1. The number of aromatic carboxylic acids is 1. The summed E-state index contributed by atoms with van der Waals surface area (Å²) in [5, 5.41) is 9.18. The second-order valence-electron chi connectivity index (χ2n) is 6.37. The first-order valence-corrected chi connectivity index (χ1v) is 9.23. The lowest BCUT2D eigenvalue weighted by Crippen LogP contribution is -2.31. The summed E-state index contributed by atoms with van der Waals surface area (Å²) in [4.78, 5) is 12.0. The minimum Gasteiger partial charge on any atom is -0.477 e. The van der Waals surface area contributed by atoms with Gasteiger partial charge in [0.1, 0.15) is 4.88 Å². The molecule has 0 radical (unpaired) electrons. The van der Waals surface area contributed by atoms with E-state index in [9.17, 15) is 18.3 Å². The molecule has 1 saturated heterocycles. The zero-order chi connectivity index (χ0) is 16.7. The fourth-order valence-corrected chi connectivity index (χ4v) is 5.70. The van der Waals surface area contributed by atoms with Crippen LogP contribution in [-0.4, -0.2) is 50.1 Å². The predicted octanol–water partition coefficient (Wildman–Crippen LogP) is 2.15. The monoisotopic (exact) mass is 347 g/mol. The first kappa shape index (κ1) is 17.4. The minimum atomic E-state index is -3.71. The molecule has 1 fully saturated rings. The van der Waals surface area contributed by atoms with Gasteiger partial charge in [-0.3, -0.25) is 0 Å². The van der Waals surface area contributed by atoms with Gasteiger partial charge in [-0.05, 0) is 17.9 Å². The van der Waals surface area contributed by atoms with E-state index in [1.807, 2.05) is 20.8 Å². The number of sulfonamides is 1. The first-order valence-electron chi connectivity index (χ1n) is 6.98. The maximum absolute atomic E-state index is 12.9. The average Bonchev–Trinajstić information content (AvgIpc) is 3.05. The fraction of sp³-hybridized carbons (Fsp3) is 0.643. The lowest BCUT2D eigenvalue weighted by Gasteiger charge is -2.22. The van der Waals surface area contributed by atoms with Gasteiger partial charge in [0.05, 0.1) is 11.0 Å². The topological polar surface area (TPSA) is 83.9 Å². The number of hydrogen-bond donors (Lipinski definition) is 1. The summed E-state index contributed by atoms with van der Waals surface area (Å²) in [6.07, 6.45) is 0.543. The number of carboxylic acids is 1. The van der Waals surface area contributed by atoms with Crippen molar-refractivity contribution in [3.05, 3.63) is 15.8 Å². The Bertz CT molecular complexity index is 672. The van der Waals surface area contributed by atoms with Crippen LogP contribution in [0.2, 0.25) is 0 Å². The molecular weight excluding hydrogens is 326 g/mol. The molecule has 124 valence electrons. The van der Waals surface area contributed by atoms with Crippen LogP contribution in [0.5, 0.6) is 0 Å². The first-order chi connectivity index (χ1) is 10.1. The lowest BCUT2D eigenvalue weighted by atomic mass is 9.95. The lowest BCUT2D eigenvalue weighted by molar-refractivity contribution is 0.0702. The molecular formula is C14H21NO5S2. The summed E-state index contributed by atoms with van der Waals surface area (Å²) in [7, 11) is -2.14. The van der Waals surface area contributed by atoms with Crippen LogP contribution < -0.4 is 0 Å². The maximum atomic E-state index is 12.9. The van der Waals surface area contributed by atoms with Crippen molar-refractivity contribution in [1.29, 1.82) is 0 Å². The minimum absolute atomic E-state index is 0.0472. The molecule has 0 aromatic carbocycles. The molecule has 1 aliphatic heterocycles. The molecule has 1 aromatic heterocycles. The highest BCUT2D eigenvalue weighted by atomic mass is 32.2. The van der Waals surface area contributed by atoms with Crippen molar-refractivity contribution in [2.75, 3.05) is 20.2 Å². The summed E-state index contributed by atoms with van der Waals surface area (Å²) in [6, 6.07) is 1.28. The Kier molecular flexibility index (Phi) is 4.68. The van der Waals surface area contributed by atoms with Gasteiger partial charge < -0.3 is 9.84 Å². The highest BCUT2D eigenvalue weighted by Gasteiger charge is 2.37. The highest BCUT2D eigenvalue weighted by Crippen LogP contribution is 2.38. The third kappa shape index (κ3) is 3.19. The molecule has 8 heteroatoms. The SMILES string of the molecule is CO[C@@H]1CCN(S(=O)(=O)c2cc(C(=O)O)sc2C(C)(C)C)C1. The van der Waals surface area contributed by atoms with E-state index in [0.717, 1.165) is 11.3 Å². The van der Waals surface area contributed by atoms with Crippen LogP contribution in [-0.2, 0) is 20.2 Å². The van der Waals surface area contributed by atoms with Crippen molar-refractivity contribution in [3.63, 3.8) is 0 Å². The van der Waals surface area contributed by atoms with Crippen LogP contribution in [0.1, 0.15) is 41.7 Å². The quantitative estimate of drug-likeness (QED) is 0.902. The van der Waals surface area contributed by atoms with E-state index >= 15 is 0 Å². The summed E-state index contributed by atoms with van der Waals surface area (Å²) < 4.78 is 32.4. The molecule has 0 bridgehead atoms. The Morgan fingerprint density at radius 2 is 2.09 bits per heavy atom. The molecule has 22 heavy (non-hydrogen) atoms. The van der Waals surface area contributed by atoms with E-state index in [1.54, 1.807) is 7.11 Å². The summed E-state index contributed by atoms with van der Waals surface area (Å²) in [6.45, 7) is 6.34. The molecule has 6 nitrogen and oxygen atoms in total. The number of rotatable bonds is 4. The molecule has 1 aliphatic rings. The second kappa shape index (κ2) is 5.92. The molecule has 1 N–H and O–H groups in total. The van der Waals surface area contributed by atoms with Gasteiger partial charge in [0.25, 0.3) is 0 Å². The van der Waals surface area contributed by atoms with E-state index in [4.69, 9.17) is 4.74 Å². The zero-order valence-electron chi connectivity index (χ0n) is 13.1. The Balaban J connectivity index is 2.49. The summed E-state index contributed by atoms with van der Waals surface area (Å²) >= 11 is 1.03. The Morgan fingerprint density at radius 3 is 2.55 bits per heavy atom. The third-order valence-corrected chi connectivity index (χ3v) is 7.22. The van der Waals surface area contributed by atoms with Gasteiger partial charge in [0.15, 0.2) is 0 Å². The maximum Gasteiger partial charge on any atom is 0.345 e. The molecule has 0 amide bonds. The summed E-state index contributed by atoms with van der Waals surface area (Å²) in [5.41, 5.74) is -0.443. The predicted molar refractivity (Wildman–Crippen MR) is 84.2 cm³/mol. The number of thiophene rings is 1. The Hall–Kier alpha value is -0.960. The largest absolute Gasteiger partial charge is 0.477 e. The van der Waals surface area contributed by atoms with Crippen LogP contribution in [0, 0.1) is 0 Å². The molecule has 0 unspecified atom stereocenters. The van der Waals surface area contributed by atoms with E-state index in [1.165, 1.54) is 10.4 Å². The second-order valence-corrected chi connectivity index (χ2v) is 9.33. The van der Waals surface area contributed by atoms with Crippen LogP contribution in [0.15, 0.2) is 11.0 Å². The van der Waals surface area contributed by atoms with Gasteiger partial charge in [-0.2, -0.15) is 4.31 Å². The van der Waals surface area contributed by atoms with Gasteiger partial charge in [-0.1, -0.05) is 20.8 Å². The molecule has 2 rings (SSSR count). The van der Waals surface area contributed by atoms with Crippen LogP contribution >= 0.6 is 11.3 Å². The standard InChI is InChI=1S/C14H21NO5S2/c1-14(2,3)12-11(7-10(21-12)13(16)17)22(18,19)15-6-5-9(8-15)20-4/h7,9H,5-6,8H2,1-4H3,(H,16,17)/t9-/m1/s1. The molecule has 0 aliphatic carbocycles. The van der Waals surface area contributed by atoms with Crippen molar-refractivity contribution in [2.45, 2.75) is 43.6 Å². The van der Waals surface area contributed by atoms with Crippen molar-refractivity contribution in [2.24, 2.45) is 0 Å². The van der Waals surface area contributed by atoms with Crippen molar-refractivity contribution in [1.82, 2.24) is 4.31 Å². The van der Waals surface area contributed by atoms with Crippen molar-refractivity contribution < 1.29 is 23.1 Å². The van der Waals surface area contributed by atoms with Gasteiger partial charge in [-0.25, -0.2) is 13.2 Å². The number of carbonyl (C=O) groups is 1. The summed E-state index contributed by atoms with van der Waals surface area (Å²) in [5.74, 6) is -1.10. The number of hydrogen-bond acceptors (Lipinski definition) is 5. The third-order valence-electron chi connectivity index (χ3n) is 3.65. The average molecular weight is 347 g/mol. The molecule has 2 heterocycles. The molecule has 0 saturated carbocycles. The Labute approximate surface area is 134 Å². The van der Waals surface area contributed by atoms with Gasteiger partial charge in [-0.15, -0.1) is 11.3 Å². The van der Waals surface area contributed by atoms with Crippen LogP contribution in [0.25, 0.3) is 0 Å². The molecule has 1 atom stereocenters. The van der Waals surface area contributed by atoms with E-state index < -0.39 is 21.4 Å². The van der Waals surface area contributed by atoms with E-state index in [-0.39, 0.29) is 15.9 Å². The number of carboxylic acid groups (broad SMARTS) is 1. The fourth-order valence-electron chi connectivity index (χ4n) is 2.44. The van der Waals surface area contributed by atoms with Crippen LogP contribution in [0.4, 0.5) is 0 Å². The zero-order valence-corrected chi connectivity index (χ0v) is 14.8. The molecule has 0 spiro atoms. The number of methoxy groups -OCH3 is 1. The normalized spacial score (nSPS) is 20.5. The van der Waals surface area contributed by atoms with Crippen molar-refractivity contribution >= 4 is 27.3 Å². The molecule has 1 aromatic rings. The van der Waals surface area contributed by atoms with Crippen LogP contribution in [0.3, 0.4) is 0 Å². The Morgan fingerprint density at radius 1 is 1.45 bits per heavy atom. The van der Waals surface area contributed by atoms with Gasteiger partial charge in [0.2, 0.25) is 10.0 Å². The van der Waals surface area contributed by atoms with E-state index in [2.05, 4.69) is 0 Å². The van der Waals surface area contributed by atoms with Gasteiger partial charge >= 0.3 is 5.97 Å². The smallest absolute Gasteiger partial charge is 0.345 e. The number of nitrogens with zero attached hydrogens (tertiary/aromatic N) is 1.